The molecule has 0 aromatic heterocycles. The van der Waals surface area contributed by atoms with Gasteiger partial charge in [-0.1, -0.05) is 6.92 Å². The molecule has 0 bridgehead atoms. The standard InChI is InChI=1S/C13H18N2O/c1-13-6-7-14-12(13)15(2)11-5-4-9(16-3)8-10(11)13/h4-5,8,12,14H,6-7H2,1-3H3/i1+1. The molecule has 0 spiro atoms. The average Bonchev–Trinajstić information content (AvgIpc) is 2.78. The average molecular weight is 219 g/mol. The molecule has 2 heterocycles. The van der Waals surface area contributed by atoms with Crippen molar-refractivity contribution < 1.29 is 4.74 Å². The predicted molar refractivity (Wildman–Crippen MR) is 65.2 cm³/mol. The highest BCUT2D eigenvalue weighted by Gasteiger charge is 2.49. The zero-order chi connectivity index (χ0) is 11.3. The van der Waals surface area contributed by atoms with Gasteiger partial charge in [0.25, 0.3) is 0 Å². The molecule has 2 unspecified atom stereocenters. The second kappa shape index (κ2) is 3.14. The summed E-state index contributed by atoms with van der Waals surface area (Å²) in [7, 11) is 3.90. The fraction of sp³-hybridized carbons (Fsp3) is 0.538. The zero-order valence-corrected chi connectivity index (χ0v) is 10.1. The molecule has 16 heavy (non-hydrogen) atoms. The summed E-state index contributed by atoms with van der Waals surface area (Å²) in [6.45, 7) is 3.45. The van der Waals surface area contributed by atoms with E-state index in [1.54, 1.807) is 7.11 Å². The SMILES string of the molecule is COc1ccc2c(c1)C1([13CH3])CCNC1N2C. The van der Waals surface area contributed by atoms with Gasteiger partial charge in [0.1, 0.15) is 5.75 Å². The van der Waals surface area contributed by atoms with Crippen LogP contribution in [-0.2, 0) is 5.41 Å². The molecule has 0 amide bonds. The Morgan fingerprint density at radius 1 is 1.50 bits per heavy atom. The topological polar surface area (TPSA) is 24.5 Å². The van der Waals surface area contributed by atoms with Crippen molar-refractivity contribution in [1.82, 2.24) is 5.32 Å². The molecular weight excluding hydrogens is 201 g/mol. The number of nitrogens with zero attached hydrogens (tertiary/aromatic N) is 1. The lowest BCUT2D eigenvalue weighted by Crippen LogP contribution is -2.44. The summed E-state index contributed by atoms with van der Waals surface area (Å²) in [5.74, 6) is 0.959. The van der Waals surface area contributed by atoms with Crippen LogP contribution in [0.5, 0.6) is 5.75 Å². The number of likely N-dealkylation sites (N-methyl/N-ethyl adjacent to an activating group) is 1. The van der Waals surface area contributed by atoms with Crippen molar-refractivity contribution in [2.75, 3.05) is 25.6 Å². The first-order chi connectivity index (χ1) is 7.66. The summed E-state index contributed by atoms with van der Waals surface area (Å²) in [6, 6.07) is 6.40. The molecule has 86 valence electrons. The third kappa shape index (κ3) is 1.07. The zero-order valence-electron chi connectivity index (χ0n) is 10.1. The smallest absolute Gasteiger partial charge is 0.119 e. The quantitative estimate of drug-likeness (QED) is 0.728. The molecule has 0 aliphatic carbocycles. The predicted octanol–water partition coefficient (Wildman–Crippen LogP) is 1.72. The van der Waals surface area contributed by atoms with Gasteiger partial charge in [0.05, 0.1) is 13.3 Å². The molecular formula is C13H18N2O. The Hall–Kier alpha value is -1.22. The van der Waals surface area contributed by atoms with Crippen LogP contribution < -0.4 is 15.0 Å². The van der Waals surface area contributed by atoms with Gasteiger partial charge in [-0.15, -0.1) is 0 Å². The number of anilines is 1. The van der Waals surface area contributed by atoms with Gasteiger partial charge >= 0.3 is 0 Å². The van der Waals surface area contributed by atoms with Crippen LogP contribution in [0.25, 0.3) is 0 Å². The monoisotopic (exact) mass is 219 g/mol. The van der Waals surface area contributed by atoms with Crippen LogP contribution in [0.15, 0.2) is 18.2 Å². The Kier molecular flexibility index (Phi) is 1.96. The van der Waals surface area contributed by atoms with Gasteiger partial charge in [-0.25, -0.2) is 0 Å². The maximum Gasteiger partial charge on any atom is 0.119 e. The van der Waals surface area contributed by atoms with Gasteiger partial charge in [0.2, 0.25) is 0 Å². The van der Waals surface area contributed by atoms with Crippen LogP contribution in [0.2, 0.25) is 0 Å². The molecule has 1 aromatic carbocycles. The highest BCUT2D eigenvalue weighted by molar-refractivity contribution is 5.66. The Morgan fingerprint density at radius 2 is 2.31 bits per heavy atom. The van der Waals surface area contributed by atoms with Crippen molar-refractivity contribution in [1.29, 1.82) is 0 Å². The lowest BCUT2D eigenvalue weighted by molar-refractivity contribution is 0.407. The first-order valence-electron chi connectivity index (χ1n) is 5.81. The second-order valence-corrected chi connectivity index (χ2v) is 5.02. The van der Waals surface area contributed by atoms with E-state index in [9.17, 15) is 0 Å². The van der Waals surface area contributed by atoms with Gasteiger partial charge in [0.15, 0.2) is 0 Å². The van der Waals surface area contributed by atoms with E-state index in [2.05, 4.69) is 36.3 Å². The highest BCUT2D eigenvalue weighted by atomic mass is 16.5. The fourth-order valence-electron chi connectivity index (χ4n) is 3.22. The molecule has 3 nitrogen and oxygen atoms in total. The Balaban J connectivity index is 2.16. The van der Waals surface area contributed by atoms with Crippen molar-refractivity contribution >= 4 is 5.69 Å². The number of benzene rings is 1. The number of fused-ring (bicyclic) bond motifs is 3. The lowest BCUT2D eigenvalue weighted by atomic mass is 9.87. The molecule has 0 radical (unpaired) electrons. The van der Waals surface area contributed by atoms with E-state index < -0.39 is 0 Å². The molecule has 1 fully saturated rings. The molecule has 3 heteroatoms. The number of hydrogen-bond donors (Lipinski definition) is 1. The highest BCUT2D eigenvalue weighted by Crippen LogP contribution is 2.48. The first kappa shape index (κ1) is 9.97. The third-order valence-corrected chi connectivity index (χ3v) is 4.17. The van der Waals surface area contributed by atoms with Crippen LogP contribution >= 0.6 is 0 Å². The molecule has 2 aliphatic rings. The van der Waals surface area contributed by atoms with Gasteiger partial charge < -0.3 is 9.64 Å². The summed E-state index contributed by atoms with van der Waals surface area (Å²) in [5, 5.41) is 3.58. The summed E-state index contributed by atoms with van der Waals surface area (Å²) in [6.07, 6.45) is 1.64. The van der Waals surface area contributed by atoms with E-state index in [0.717, 1.165) is 12.3 Å². The maximum absolute atomic E-state index is 5.33. The molecule has 1 saturated heterocycles. The molecule has 2 aliphatic heterocycles. The van der Waals surface area contributed by atoms with Crippen LogP contribution in [-0.4, -0.2) is 26.9 Å². The molecule has 2 atom stereocenters. The van der Waals surface area contributed by atoms with Crippen molar-refractivity contribution in [3.8, 4) is 5.75 Å². The third-order valence-electron chi connectivity index (χ3n) is 4.17. The van der Waals surface area contributed by atoms with Crippen LogP contribution in [0.1, 0.15) is 18.9 Å². The molecule has 1 N–H and O–H groups in total. The van der Waals surface area contributed by atoms with Gasteiger partial charge in [-0.05, 0) is 36.7 Å². The van der Waals surface area contributed by atoms with Crippen LogP contribution in [0, 0.1) is 0 Å². The molecule has 0 saturated carbocycles. The normalized spacial score (nSPS) is 31.4. The number of methoxy groups -OCH3 is 1. The second-order valence-electron chi connectivity index (χ2n) is 5.02. The Bertz CT molecular complexity index is 432. The summed E-state index contributed by atoms with van der Waals surface area (Å²) >= 11 is 0. The van der Waals surface area contributed by atoms with Crippen LogP contribution in [0.4, 0.5) is 5.69 Å². The van der Waals surface area contributed by atoms with E-state index in [1.807, 2.05) is 6.07 Å². The Morgan fingerprint density at radius 3 is 3.06 bits per heavy atom. The number of hydrogen-bond acceptors (Lipinski definition) is 3. The number of nitrogens with one attached hydrogen (secondary N) is 1. The summed E-state index contributed by atoms with van der Waals surface area (Å²) < 4.78 is 5.33. The van der Waals surface area contributed by atoms with E-state index in [1.165, 1.54) is 17.7 Å². The van der Waals surface area contributed by atoms with Crippen molar-refractivity contribution in [2.24, 2.45) is 0 Å². The van der Waals surface area contributed by atoms with Gasteiger partial charge in [-0.2, -0.15) is 0 Å². The maximum atomic E-state index is 5.33. The fourth-order valence-corrected chi connectivity index (χ4v) is 3.22. The number of ether oxygens (including phenoxy) is 1. The molecule has 1 aromatic rings. The van der Waals surface area contributed by atoms with Gasteiger partial charge in [0, 0.05) is 18.2 Å². The first-order valence-corrected chi connectivity index (χ1v) is 5.81. The van der Waals surface area contributed by atoms with E-state index in [4.69, 9.17) is 4.74 Å². The van der Waals surface area contributed by atoms with Crippen LogP contribution in [0.3, 0.4) is 0 Å². The number of rotatable bonds is 1. The largest absolute Gasteiger partial charge is 0.497 e. The minimum Gasteiger partial charge on any atom is -0.497 e. The van der Waals surface area contributed by atoms with Gasteiger partial charge in [-0.3, -0.25) is 5.32 Å². The minimum absolute atomic E-state index is 0.235. The van der Waals surface area contributed by atoms with Crippen molar-refractivity contribution in [3.05, 3.63) is 23.8 Å². The Labute approximate surface area is 96.4 Å². The van der Waals surface area contributed by atoms with E-state index >= 15 is 0 Å². The lowest BCUT2D eigenvalue weighted by Gasteiger charge is -2.27. The van der Waals surface area contributed by atoms with Crippen molar-refractivity contribution in [2.45, 2.75) is 24.9 Å². The van der Waals surface area contributed by atoms with E-state index in [-0.39, 0.29) is 5.41 Å². The van der Waals surface area contributed by atoms with Crippen molar-refractivity contribution in [3.63, 3.8) is 0 Å². The van der Waals surface area contributed by atoms with E-state index in [0.29, 0.717) is 6.17 Å². The molecule has 3 rings (SSSR count). The summed E-state index contributed by atoms with van der Waals surface area (Å²) in [4.78, 5) is 2.35. The summed E-state index contributed by atoms with van der Waals surface area (Å²) in [5.41, 5.74) is 2.99. The minimum atomic E-state index is 0.235.